The Morgan fingerprint density at radius 1 is 0.714 bits per heavy atom. The Morgan fingerprint density at radius 3 is 1.71 bits per heavy atom. The van der Waals surface area contributed by atoms with Crippen LogP contribution in [-0.4, -0.2) is 0 Å². The van der Waals surface area contributed by atoms with Gasteiger partial charge in [0, 0.05) is 0 Å². The van der Waals surface area contributed by atoms with E-state index in [2.05, 4.69) is 20.8 Å². The summed E-state index contributed by atoms with van der Waals surface area (Å²) in [6.07, 6.45) is 13.3. The van der Waals surface area contributed by atoms with Crippen molar-refractivity contribution in [2.75, 3.05) is 0 Å². The van der Waals surface area contributed by atoms with Crippen molar-refractivity contribution in [3.8, 4) is 0 Å². The highest BCUT2D eigenvalue weighted by Gasteiger charge is 2.00. The lowest BCUT2D eigenvalue weighted by Crippen LogP contribution is -1.94. The van der Waals surface area contributed by atoms with E-state index in [-0.39, 0.29) is 0 Å². The zero-order valence-corrected chi connectivity index (χ0v) is 10.1. The zero-order valence-electron chi connectivity index (χ0n) is 10.1. The minimum absolute atomic E-state index is 0.932. The van der Waals surface area contributed by atoms with Crippen LogP contribution < -0.4 is 0 Å². The average Bonchev–Trinajstić information content (AvgIpc) is 2.18. The Bertz CT molecular complexity index is 96.2. The van der Waals surface area contributed by atoms with Gasteiger partial charge in [-0.15, -0.1) is 0 Å². The van der Waals surface area contributed by atoms with E-state index >= 15 is 0 Å². The lowest BCUT2D eigenvalue weighted by atomic mass is 9.96. The van der Waals surface area contributed by atoms with Crippen molar-refractivity contribution in [2.24, 2.45) is 5.92 Å². The highest BCUT2D eigenvalue weighted by molar-refractivity contribution is 4.55. The van der Waals surface area contributed by atoms with Gasteiger partial charge in [0.1, 0.15) is 0 Å². The van der Waals surface area contributed by atoms with Gasteiger partial charge in [0.05, 0.1) is 0 Å². The summed E-state index contributed by atoms with van der Waals surface area (Å²) < 4.78 is 0. The fourth-order valence-corrected chi connectivity index (χ4v) is 1.84. The Labute approximate surface area is 91.5 Å². The molecule has 0 saturated carbocycles. The molecule has 84 valence electrons. The smallest absolute Gasteiger partial charge is 0.0443 e. The van der Waals surface area contributed by atoms with Crippen molar-refractivity contribution in [1.29, 1.82) is 0 Å². The number of rotatable bonds is 10. The molecule has 2 radical (unpaired) electrons. The number of hydrogen-bond donors (Lipinski definition) is 0. The van der Waals surface area contributed by atoms with Gasteiger partial charge in [-0.2, -0.15) is 0 Å². The Kier molecular flexibility index (Phi) is 11.1. The maximum atomic E-state index is 3.87. The van der Waals surface area contributed by atoms with E-state index in [0.717, 1.165) is 18.8 Å². The van der Waals surface area contributed by atoms with Crippen LogP contribution in [0.1, 0.15) is 71.1 Å². The second-order valence-electron chi connectivity index (χ2n) is 4.51. The predicted molar refractivity (Wildman–Crippen MR) is 66.0 cm³/mol. The zero-order chi connectivity index (χ0) is 10.6. The molecule has 0 aliphatic carbocycles. The molecule has 0 nitrogen and oxygen atoms in total. The van der Waals surface area contributed by atoms with Gasteiger partial charge in [0.2, 0.25) is 0 Å². The summed E-state index contributed by atoms with van der Waals surface area (Å²) in [6.45, 7) is 10.1. The van der Waals surface area contributed by atoms with Crippen molar-refractivity contribution >= 4 is 0 Å². The molecule has 0 aromatic heterocycles. The molecule has 1 atom stereocenters. The first-order valence-electron chi connectivity index (χ1n) is 6.39. The van der Waals surface area contributed by atoms with E-state index in [1.165, 1.54) is 51.4 Å². The van der Waals surface area contributed by atoms with Crippen LogP contribution in [0.2, 0.25) is 0 Å². The summed E-state index contributed by atoms with van der Waals surface area (Å²) >= 11 is 0. The highest BCUT2D eigenvalue weighted by Crippen LogP contribution is 2.17. The topological polar surface area (TPSA) is 0 Å². The molecule has 0 aromatic rings. The third kappa shape index (κ3) is 10.1. The fraction of sp³-hybridized carbons (Fsp3) is 0.857. The SMILES string of the molecule is [CH2]CCCCCCC(C)CCCC[CH2]. The number of unbranched alkanes of at least 4 members (excludes halogenated alkanes) is 6. The molecule has 0 amide bonds. The van der Waals surface area contributed by atoms with Gasteiger partial charge < -0.3 is 0 Å². The quantitative estimate of drug-likeness (QED) is 0.422. The molecule has 1 unspecified atom stereocenters. The van der Waals surface area contributed by atoms with Crippen LogP contribution in [0.4, 0.5) is 0 Å². The van der Waals surface area contributed by atoms with Gasteiger partial charge in [0.25, 0.3) is 0 Å². The predicted octanol–water partition coefficient (Wildman–Crippen LogP) is 5.19. The first kappa shape index (κ1) is 14.0. The molecule has 0 saturated heterocycles. The minimum atomic E-state index is 0.932. The molecule has 0 heteroatoms. The Morgan fingerprint density at radius 2 is 1.14 bits per heavy atom. The van der Waals surface area contributed by atoms with Crippen molar-refractivity contribution in [1.82, 2.24) is 0 Å². The molecular formula is C14H28. The van der Waals surface area contributed by atoms with Crippen molar-refractivity contribution in [2.45, 2.75) is 71.1 Å². The normalized spacial score (nSPS) is 13.1. The molecule has 0 aliphatic heterocycles. The molecule has 0 heterocycles. The van der Waals surface area contributed by atoms with Crippen molar-refractivity contribution in [3.05, 3.63) is 13.8 Å². The van der Waals surface area contributed by atoms with Crippen LogP contribution in [0.3, 0.4) is 0 Å². The maximum Gasteiger partial charge on any atom is -0.0443 e. The van der Waals surface area contributed by atoms with E-state index in [4.69, 9.17) is 0 Å². The van der Waals surface area contributed by atoms with Gasteiger partial charge >= 0.3 is 0 Å². The third-order valence-corrected chi connectivity index (χ3v) is 2.89. The molecule has 0 aromatic carbocycles. The molecule has 0 rings (SSSR count). The van der Waals surface area contributed by atoms with E-state index in [0.29, 0.717) is 0 Å². The van der Waals surface area contributed by atoms with Crippen molar-refractivity contribution < 1.29 is 0 Å². The van der Waals surface area contributed by atoms with Gasteiger partial charge in [-0.3, -0.25) is 0 Å². The second kappa shape index (κ2) is 11.1. The first-order valence-corrected chi connectivity index (χ1v) is 6.39. The van der Waals surface area contributed by atoms with Crippen LogP contribution in [0, 0.1) is 19.8 Å². The second-order valence-corrected chi connectivity index (χ2v) is 4.51. The van der Waals surface area contributed by atoms with Gasteiger partial charge in [-0.1, -0.05) is 85.0 Å². The summed E-state index contributed by atoms with van der Waals surface area (Å²) in [5.74, 6) is 0.932. The average molecular weight is 196 g/mol. The summed E-state index contributed by atoms with van der Waals surface area (Å²) in [5.41, 5.74) is 0. The highest BCUT2D eigenvalue weighted by atomic mass is 14.1. The lowest BCUT2D eigenvalue weighted by molar-refractivity contribution is 0.440. The molecule has 14 heavy (non-hydrogen) atoms. The summed E-state index contributed by atoms with van der Waals surface area (Å²) in [6, 6.07) is 0. The molecular weight excluding hydrogens is 168 g/mol. The standard InChI is InChI=1S/C14H28/c1-4-6-8-9-11-13-14(3)12-10-7-5-2/h14H,1-2,4-13H2,3H3. The molecule has 0 bridgehead atoms. The van der Waals surface area contributed by atoms with E-state index in [1.54, 1.807) is 0 Å². The van der Waals surface area contributed by atoms with Crippen LogP contribution in [0.25, 0.3) is 0 Å². The van der Waals surface area contributed by atoms with Gasteiger partial charge in [-0.05, 0) is 5.92 Å². The Hall–Kier alpha value is 0. The van der Waals surface area contributed by atoms with Gasteiger partial charge in [-0.25, -0.2) is 0 Å². The summed E-state index contributed by atoms with van der Waals surface area (Å²) in [4.78, 5) is 0. The van der Waals surface area contributed by atoms with Crippen molar-refractivity contribution in [3.63, 3.8) is 0 Å². The largest absolute Gasteiger partial charge is 0.0625 e. The van der Waals surface area contributed by atoms with E-state index < -0.39 is 0 Å². The van der Waals surface area contributed by atoms with Crippen LogP contribution in [0.15, 0.2) is 0 Å². The van der Waals surface area contributed by atoms with Crippen LogP contribution >= 0.6 is 0 Å². The van der Waals surface area contributed by atoms with Gasteiger partial charge in [0.15, 0.2) is 0 Å². The van der Waals surface area contributed by atoms with E-state index in [1.807, 2.05) is 0 Å². The van der Waals surface area contributed by atoms with Crippen LogP contribution in [0.5, 0.6) is 0 Å². The maximum absolute atomic E-state index is 3.87. The molecule has 0 aliphatic rings. The molecule has 0 fully saturated rings. The third-order valence-electron chi connectivity index (χ3n) is 2.89. The van der Waals surface area contributed by atoms with E-state index in [9.17, 15) is 0 Å². The molecule has 0 spiro atoms. The van der Waals surface area contributed by atoms with Crippen LogP contribution in [-0.2, 0) is 0 Å². The monoisotopic (exact) mass is 196 g/mol. The Balaban J connectivity index is 3.06. The summed E-state index contributed by atoms with van der Waals surface area (Å²) in [5, 5.41) is 0. The lowest BCUT2D eigenvalue weighted by Gasteiger charge is -2.10. The fourth-order valence-electron chi connectivity index (χ4n) is 1.84. The first-order chi connectivity index (χ1) is 6.81. The minimum Gasteiger partial charge on any atom is -0.0625 e. The summed E-state index contributed by atoms with van der Waals surface area (Å²) in [7, 11) is 0. The number of hydrogen-bond acceptors (Lipinski definition) is 0. The molecule has 0 N–H and O–H groups in total.